The first kappa shape index (κ1) is 15.4. The minimum Gasteiger partial charge on any atom is -0.369 e. The Labute approximate surface area is 135 Å². The van der Waals surface area contributed by atoms with E-state index in [4.69, 9.17) is 5.73 Å². The van der Waals surface area contributed by atoms with Crippen molar-refractivity contribution in [3.05, 3.63) is 36.2 Å². The fourth-order valence-corrected chi connectivity index (χ4v) is 3.09. The Bertz CT molecular complexity index is 689. The molecule has 0 spiro atoms. The van der Waals surface area contributed by atoms with Crippen LogP contribution < -0.4 is 11.1 Å². The van der Waals surface area contributed by atoms with Crippen molar-refractivity contribution in [1.29, 1.82) is 0 Å². The summed E-state index contributed by atoms with van der Waals surface area (Å²) in [6.45, 7) is 1.92. The van der Waals surface area contributed by atoms with E-state index in [1.807, 2.05) is 31.2 Å². The van der Waals surface area contributed by atoms with E-state index >= 15 is 0 Å². The van der Waals surface area contributed by atoms with Gasteiger partial charge in [0.1, 0.15) is 11.5 Å². The van der Waals surface area contributed by atoms with Gasteiger partial charge in [0.05, 0.1) is 5.92 Å². The van der Waals surface area contributed by atoms with Crippen molar-refractivity contribution in [1.82, 2.24) is 15.0 Å². The number of rotatable bonds is 4. The number of amides is 1. The maximum atomic E-state index is 11.6. The quantitative estimate of drug-likeness (QED) is 0.903. The lowest BCUT2D eigenvalue weighted by molar-refractivity contribution is -0.122. The normalized spacial score (nSPS) is 20.9. The summed E-state index contributed by atoms with van der Waals surface area (Å²) in [6, 6.07) is 7.57. The van der Waals surface area contributed by atoms with E-state index in [9.17, 15) is 4.79 Å². The third kappa shape index (κ3) is 3.64. The van der Waals surface area contributed by atoms with Crippen molar-refractivity contribution >= 4 is 11.7 Å². The molecule has 1 amide bonds. The van der Waals surface area contributed by atoms with Crippen molar-refractivity contribution in [3.63, 3.8) is 0 Å². The number of nitrogens with two attached hydrogens (primary N) is 1. The highest BCUT2D eigenvalue weighted by molar-refractivity contribution is 5.78. The van der Waals surface area contributed by atoms with Gasteiger partial charge in [-0.1, -0.05) is 18.9 Å². The van der Waals surface area contributed by atoms with Gasteiger partial charge in [0.2, 0.25) is 5.91 Å². The molecule has 2 heterocycles. The largest absolute Gasteiger partial charge is 0.369 e. The number of pyridine rings is 1. The van der Waals surface area contributed by atoms with E-state index in [-0.39, 0.29) is 17.9 Å². The Hall–Kier alpha value is -2.50. The van der Waals surface area contributed by atoms with Crippen LogP contribution in [0.4, 0.5) is 5.82 Å². The number of primary amides is 1. The van der Waals surface area contributed by atoms with Gasteiger partial charge in [-0.2, -0.15) is 0 Å². The summed E-state index contributed by atoms with van der Waals surface area (Å²) >= 11 is 0. The lowest BCUT2D eigenvalue weighted by Gasteiger charge is -2.30. The van der Waals surface area contributed by atoms with Crippen LogP contribution in [-0.4, -0.2) is 26.9 Å². The molecule has 2 aromatic rings. The molecule has 6 nitrogen and oxygen atoms in total. The summed E-state index contributed by atoms with van der Waals surface area (Å²) in [5.41, 5.74) is 7.13. The molecule has 0 radical (unpaired) electrons. The molecule has 1 fully saturated rings. The van der Waals surface area contributed by atoms with Crippen LogP contribution in [0.5, 0.6) is 0 Å². The van der Waals surface area contributed by atoms with Crippen molar-refractivity contribution in [3.8, 4) is 11.5 Å². The first-order valence-electron chi connectivity index (χ1n) is 7.96. The number of nitrogens with one attached hydrogen (secondary N) is 1. The molecule has 23 heavy (non-hydrogen) atoms. The molecule has 120 valence electrons. The van der Waals surface area contributed by atoms with Crippen LogP contribution in [-0.2, 0) is 4.79 Å². The molecule has 3 rings (SSSR count). The van der Waals surface area contributed by atoms with Crippen LogP contribution in [0.1, 0.15) is 31.4 Å². The Morgan fingerprint density at radius 2 is 2.09 bits per heavy atom. The molecule has 3 N–H and O–H groups in total. The van der Waals surface area contributed by atoms with Gasteiger partial charge in [0, 0.05) is 24.0 Å². The number of hydrogen-bond donors (Lipinski definition) is 2. The van der Waals surface area contributed by atoms with Gasteiger partial charge in [-0.05, 0) is 31.9 Å². The van der Waals surface area contributed by atoms with E-state index in [1.54, 1.807) is 6.20 Å². The van der Waals surface area contributed by atoms with Gasteiger partial charge in [-0.15, -0.1) is 0 Å². The second-order valence-electron chi connectivity index (χ2n) is 5.98. The predicted octanol–water partition coefficient (Wildman–Crippen LogP) is 2.30. The summed E-state index contributed by atoms with van der Waals surface area (Å²) in [7, 11) is 0. The number of carbonyl (C=O) groups excluding carboxylic acids is 1. The van der Waals surface area contributed by atoms with Crippen LogP contribution in [0.25, 0.3) is 11.5 Å². The van der Waals surface area contributed by atoms with E-state index in [0.29, 0.717) is 5.82 Å². The Morgan fingerprint density at radius 1 is 1.26 bits per heavy atom. The molecule has 2 aromatic heterocycles. The summed E-state index contributed by atoms with van der Waals surface area (Å²) in [6.07, 6.45) is 5.63. The lowest BCUT2D eigenvalue weighted by Crippen LogP contribution is -2.40. The number of nitrogens with zero attached hydrogens (tertiary/aromatic N) is 3. The molecule has 2 atom stereocenters. The molecule has 0 saturated heterocycles. The molecule has 6 heteroatoms. The zero-order valence-corrected chi connectivity index (χ0v) is 13.2. The zero-order chi connectivity index (χ0) is 16.2. The highest BCUT2D eigenvalue weighted by Gasteiger charge is 2.29. The fourth-order valence-electron chi connectivity index (χ4n) is 3.09. The molecular formula is C17H21N5O. The Morgan fingerprint density at radius 3 is 2.83 bits per heavy atom. The topological polar surface area (TPSA) is 93.8 Å². The van der Waals surface area contributed by atoms with Crippen LogP contribution in [0, 0.1) is 12.8 Å². The van der Waals surface area contributed by atoms with Crippen molar-refractivity contribution in [2.24, 2.45) is 11.7 Å². The number of carbonyl (C=O) groups is 1. The van der Waals surface area contributed by atoms with E-state index in [0.717, 1.165) is 42.9 Å². The number of aromatic nitrogens is 3. The zero-order valence-electron chi connectivity index (χ0n) is 13.2. The average molecular weight is 311 g/mol. The van der Waals surface area contributed by atoms with Gasteiger partial charge in [-0.3, -0.25) is 9.78 Å². The maximum absolute atomic E-state index is 11.6. The van der Waals surface area contributed by atoms with Crippen LogP contribution in [0.3, 0.4) is 0 Å². The summed E-state index contributed by atoms with van der Waals surface area (Å²) in [5.74, 6) is 0.922. The molecule has 0 bridgehead atoms. The van der Waals surface area contributed by atoms with Crippen molar-refractivity contribution in [2.75, 3.05) is 5.32 Å². The van der Waals surface area contributed by atoms with Crippen LogP contribution in [0.2, 0.25) is 0 Å². The third-order valence-electron chi connectivity index (χ3n) is 4.21. The highest BCUT2D eigenvalue weighted by atomic mass is 16.1. The van der Waals surface area contributed by atoms with Gasteiger partial charge >= 0.3 is 0 Å². The average Bonchev–Trinajstić information content (AvgIpc) is 2.55. The second kappa shape index (κ2) is 6.73. The minimum atomic E-state index is -0.238. The van der Waals surface area contributed by atoms with Gasteiger partial charge in [0.15, 0.2) is 5.82 Å². The van der Waals surface area contributed by atoms with E-state index in [1.165, 1.54) is 0 Å². The lowest BCUT2D eigenvalue weighted by atomic mass is 9.84. The molecule has 0 aliphatic heterocycles. The highest BCUT2D eigenvalue weighted by Crippen LogP contribution is 2.27. The summed E-state index contributed by atoms with van der Waals surface area (Å²) in [5, 5.41) is 3.38. The maximum Gasteiger partial charge on any atom is 0.222 e. The molecule has 1 saturated carbocycles. The van der Waals surface area contributed by atoms with Gasteiger partial charge < -0.3 is 11.1 Å². The smallest absolute Gasteiger partial charge is 0.222 e. The van der Waals surface area contributed by atoms with E-state index in [2.05, 4.69) is 20.3 Å². The van der Waals surface area contributed by atoms with Crippen molar-refractivity contribution < 1.29 is 4.79 Å². The first-order valence-corrected chi connectivity index (χ1v) is 7.96. The van der Waals surface area contributed by atoms with Crippen LogP contribution in [0.15, 0.2) is 30.5 Å². The van der Waals surface area contributed by atoms with Gasteiger partial charge in [-0.25, -0.2) is 9.97 Å². The first-order chi connectivity index (χ1) is 11.1. The number of anilines is 1. The summed E-state index contributed by atoms with van der Waals surface area (Å²) < 4.78 is 0. The summed E-state index contributed by atoms with van der Waals surface area (Å²) in [4.78, 5) is 24.9. The third-order valence-corrected chi connectivity index (χ3v) is 4.21. The molecule has 0 aromatic carbocycles. The monoisotopic (exact) mass is 311 g/mol. The molecular weight excluding hydrogens is 290 g/mol. The molecule has 0 unspecified atom stereocenters. The molecule has 1 aliphatic rings. The number of hydrogen-bond acceptors (Lipinski definition) is 5. The second-order valence-corrected chi connectivity index (χ2v) is 5.98. The SMILES string of the molecule is Cc1cc(N[C@H]2CCCC[C@@H]2C(N)=O)nc(-c2ccccn2)n1. The Kier molecular flexibility index (Phi) is 4.50. The standard InChI is InChI=1S/C17H21N5O/c1-11-10-15(21-13-7-3-2-6-12(13)16(18)23)22-17(20-11)14-8-4-5-9-19-14/h4-5,8-10,12-13H,2-3,6-7H2,1H3,(H2,18,23)(H,20,21,22)/t12-,13-/m0/s1. The van der Waals surface area contributed by atoms with Crippen LogP contribution >= 0.6 is 0 Å². The van der Waals surface area contributed by atoms with Crippen molar-refractivity contribution in [2.45, 2.75) is 38.6 Å². The van der Waals surface area contributed by atoms with E-state index < -0.39 is 0 Å². The minimum absolute atomic E-state index is 0.0344. The van der Waals surface area contributed by atoms with Gasteiger partial charge in [0.25, 0.3) is 0 Å². The number of aryl methyl sites for hydroxylation is 1. The fraction of sp³-hybridized carbons (Fsp3) is 0.412. The predicted molar refractivity (Wildman–Crippen MR) is 88.6 cm³/mol. The molecule has 1 aliphatic carbocycles. The Balaban J connectivity index is 1.85.